The van der Waals surface area contributed by atoms with E-state index in [1.54, 1.807) is 12.1 Å². The maximum Gasteiger partial charge on any atom is 0.123 e. The highest BCUT2D eigenvalue weighted by atomic mass is 19.1. The van der Waals surface area contributed by atoms with E-state index in [2.05, 4.69) is 39.4 Å². The molecule has 1 aliphatic carbocycles. The van der Waals surface area contributed by atoms with Crippen molar-refractivity contribution >= 4 is 0 Å². The zero-order valence-electron chi connectivity index (χ0n) is 14.2. The first-order valence-corrected chi connectivity index (χ1v) is 8.86. The summed E-state index contributed by atoms with van der Waals surface area (Å²) in [5.41, 5.74) is 4.86. The average molecular weight is 335 g/mol. The van der Waals surface area contributed by atoms with Crippen molar-refractivity contribution in [1.29, 1.82) is 0 Å². The number of fused-ring (bicyclic) bond motifs is 1. The van der Waals surface area contributed by atoms with Crippen molar-refractivity contribution in [2.75, 3.05) is 0 Å². The quantitative estimate of drug-likeness (QED) is 0.756. The molecular formula is C21H22FN3. The van der Waals surface area contributed by atoms with Crippen LogP contribution in [0.2, 0.25) is 0 Å². The smallest absolute Gasteiger partial charge is 0.123 e. The fourth-order valence-electron chi connectivity index (χ4n) is 3.61. The molecule has 4 rings (SSSR count). The van der Waals surface area contributed by atoms with Gasteiger partial charge in [0.05, 0.1) is 12.7 Å². The van der Waals surface area contributed by atoms with E-state index >= 15 is 0 Å². The van der Waals surface area contributed by atoms with E-state index in [1.165, 1.54) is 22.9 Å². The molecule has 0 saturated heterocycles. The fourth-order valence-corrected chi connectivity index (χ4v) is 3.61. The van der Waals surface area contributed by atoms with Gasteiger partial charge in [0.15, 0.2) is 0 Å². The van der Waals surface area contributed by atoms with E-state index in [-0.39, 0.29) is 11.9 Å². The second-order valence-electron chi connectivity index (χ2n) is 6.65. The molecule has 4 heteroatoms. The number of hydrogen-bond donors (Lipinski definition) is 1. The van der Waals surface area contributed by atoms with Crippen molar-refractivity contribution < 1.29 is 4.39 Å². The van der Waals surface area contributed by atoms with Gasteiger partial charge < -0.3 is 5.32 Å². The highest BCUT2D eigenvalue weighted by Gasteiger charge is 2.23. The van der Waals surface area contributed by atoms with Crippen LogP contribution in [0.1, 0.15) is 41.3 Å². The lowest BCUT2D eigenvalue weighted by Gasteiger charge is -2.24. The molecule has 1 heterocycles. The number of aromatic nitrogens is 2. The summed E-state index contributed by atoms with van der Waals surface area (Å²) in [7, 11) is 0. The summed E-state index contributed by atoms with van der Waals surface area (Å²) in [4.78, 5) is 0. The Labute approximate surface area is 147 Å². The molecule has 1 aromatic heterocycles. The van der Waals surface area contributed by atoms with E-state index in [0.717, 1.165) is 31.4 Å². The van der Waals surface area contributed by atoms with E-state index in [9.17, 15) is 4.39 Å². The lowest BCUT2D eigenvalue weighted by molar-refractivity contribution is 0.449. The minimum absolute atomic E-state index is 0.181. The predicted octanol–water partition coefficient (Wildman–Crippen LogP) is 4.24. The first-order valence-electron chi connectivity index (χ1n) is 8.86. The molecule has 1 aliphatic rings. The predicted molar refractivity (Wildman–Crippen MR) is 96.7 cm³/mol. The summed E-state index contributed by atoms with van der Waals surface area (Å²) < 4.78 is 15.5. The van der Waals surface area contributed by atoms with Crippen molar-refractivity contribution in [3.05, 3.63) is 89.0 Å². The first kappa shape index (κ1) is 16.0. The molecular weight excluding hydrogens is 313 g/mol. The second kappa shape index (κ2) is 7.19. The molecule has 0 bridgehead atoms. The minimum atomic E-state index is -0.181. The molecule has 3 nitrogen and oxygen atoms in total. The van der Waals surface area contributed by atoms with Crippen LogP contribution in [0.3, 0.4) is 0 Å². The van der Waals surface area contributed by atoms with Crippen molar-refractivity contribution in [1.82, 2.24) is 15.1 Å². The SMILES string of the molecule is Fc1cccc(CN[C@H]2CCCc3c2cnn3Cc2ccccc2)c1. The zero-order valence-corrected chi connectivity index (χ0v) is 14.2. The molecule has 1 atom stereocenters. The lowest BCUT2D eigenvalue weighted by Crippen LogP contribution is -2.25. The van der Waals surface area contributed by atoms with Crippen molar-refractivity contribution in [2.24, 2.45) is 0 Å². The van der Waals surface area contributed by atoms with Crippen LogP contribution in [0, 0.1) is 5.82 Å². The molecule has 0 aliphatic heterocycles. The monoisotopic (exact) mass is 335 g/mol. The van der Waals surface area contributed by atoms with Gasteiger partial charge in [-0.1, -0.05) is 42.5 Å². The van der Waals surface area contributed by atoms with Gasteiger partial charge in [-0.3, -0.25) is 4.68 Å². The van der Waals surface area contributed by atoms with Gasteiger partial charge in [0, 0.05) is 23.8 Å². The fraction of sp³-hybridized carbons (Fsp3) is 0.286. The summed E-state index contributed by atoms with van der Waals surface area (Å²) in [5, 5.41) is 8.21. The minimum Gasteiger partial charge on any atom is -0.306 e. The number of hydrogen-bond acceptors (Lipinski definition) is 2. The average Bonchev–Trinajstić information content (AvgIpc) is 3.04. The molecule has 25 heavy (non-hydrogen) atoms. The third kappa shape index (κ3) is 3.64. The Morgan fingerprint density at radius 2 is 1.92 bits per heavy atom. The van der Waals surface area contributed by atoms with Gasteiger partial charge in [-0.05, 0) is 42.5 Å². The van der Waals surface area contributed by atoms with Crippen LogP contribution in [0.25, 0.3) is 0 Å². The van der Waals surface area contributed by atoms with Crippen molar-refractivity contribution in [3.63, 3.8) is 0 Å². The Morgan fingerprint density at radius 3 is 2.76 bits per heavy atom. The molecule has 0 saturated carbocycles. The Kier molecular flexibility index (Phi) is 4.61. The Morgan fingerprint density at radius 1 is 1.08 bits per heavy atom. The van der Waals surface area contributed by atoms with E-state index in [0.29, 0.717) is 6.54 Å². The third-order valence-electron chi connectivity index (χ3n) is 4.88. The zero-order chi connectivity index (χ0) is 17.1. The standard InChI is InChI=1S/C21H22FN3/c22-18-9-4-8-17(12-18)13-23-20-10-5-11-21-19(20)14-24-25(21)15-16-6-2-1-3-7-16/h1-4,6-9,12,14,20,23H,5,10-11,13,15H2/t20-/m0/s1. The largest absolute Gasteiger partial charge is 0.306 e. The number of rotatable bonds is 5. The third-order valence-corrected chi connectivity index (χ3v) is 4.88. The van der Waals surface area contributed by atoms with Crippen LogP contribution < -0.4 is 5.32 Å². The van der Waals surface area contributed by atoms with Gasteiger partial charge >= 0.3 is 0 Å². The van der Waals surface area contributed by atoms with Crippen LogP contribution >= 0.6 is 0 Å². The molecule has 0 spiro atoms. The summed E-state index contributed by atoms with van der Waals surface area (Å²) in [6, 6.07) is 17.5. The highest BCUT2D eigenvalue weighted by Crippen LogP contribution is 2.30. The van der Waals surface area contributed by atoms with Gasteiger partial charge in [-0.2, -0.15) is 5.10 Å². The van der Waals surface area contributed by atoms with Crippen molar-refractivity contribution in [2.45, 2.75) is 38.4 Å². The summed E-state index contributed by atoms with van der Waals surface area (Å²) in [6.07, 6.45) is 5.31. The van der Waals surface area contributed by atoms with Crippen LogP contribution in [-0.4, -0.2) is 9.78 Å². The molecule has 128 valence electrons. The Hall–Kier alpha value is -2.46. The van der Waals surface area contributed by atoms with E-state index < -0.39 is 0 Å². The molecule has 1 N–H and O–H groups in total. The summed E-state index contributed by atoms with van der Waals surface area (Å²) in [6.45, 7) is 1.48. The highest BCUT2D eigenvalue weighted by molar-refractivity contribution is 5.27. The van der Waals surface area contributed by atoms with Crippen LogP contribution in [0.15, 0.2) is 60.8 Å². The Bertz CT molecular complexity index is 841. The maximum absolute atomic E-state index is 13.3. The number of nitrogens with zero attached hydrogens (tertiary/aromatic N) is 2. The van der Waals surface area contributed by atoms with E-state index in [4.69, 9.17) is 0 Å². The lowest BCUT2D eigenvalue weighted by atomic mass is 9.92. The number of halogens is 1. The first-order chi connectivity index (χ1) is 12.3. The Balaban J connectivity index is 1.49. The molecule has 0 amide bonds. The molecule has 0 radical (unpaired) electrons. The van der Waals surface area contributed by atoms with Gasteiger partial charge in [0.25, 0.3) is 0 Å². The number of nitrogens with one attached hydrogen (secondary N) is 1. The van der Waals surface area contributed by atoms with Crippen LogP contribution in [-0.2, 0) is 19.5 Å². The van der Waals surface area contributed by atoms with Crippen LogP contribution in [0.5, 0.6) is 0 Å². The normalized spacial score (nSPS) is 16.6. The molecule has 0 fully saturated rings. The molecule has 2 aromatic carbocycles. The maximum atomic E-state index is 13.3. The van der Waals surface area contributed by atoms with Gasteiger partial charge in [0.2, 0.25) is 0 Å². The molecule has 3 aromatic rings. The van der Waals surface area contributed by atoms with Gasteiger partial charge in [0.1, 0.15) is 5.82 Å². The molecule has 0 unspecified atom stereocenters. The van der Waals surface area contributed by atoms with Crippen LogP contribution in [0.4, 0.5) is 4.39 Å². The second-order valence-corrected chi connectivity index (χ2v) is 6.65. The number of benzene rings is 2. The van der Waals surface area contributed by atoms with E-state index in [1.807, 2.05) is 18.3 Å². The van der Waals surface area contributed by atoms with Crippen molar-refractivity contribution in [3.8, 4) is 0 Å². The summed E-state index contributed by atoms with van der Waals surface area (Å²) in [5.74, 6) is -0.181. The topological polar surface area (TPSA) is 29.9 Å². The van der Waals surface area contributed by atoms with Gasteiger partial charge in [-0.25, -0.2) is 4.39 Å². The summed E-state index contributed by atoms with van der Waals surface area (Å²) >= 11 is 0. The van der Waals surface area contributed by atoms with Gasteiger partial charge in [-0.15, -0.1) is 0 Å².